The van der Waals surface area contributed by atoms with Gasteiger partial charge in [-0.05, 0) is 50.5 Å². The number of aryl methyl sites for hydroxylation is 1. The molecule has 2 atom stereocenters. The van der Waals surface area contributed by atoms with E-state index in [1.165, 1.54) is 12.0 Å². The lowest BCUT2D eigenvalue weighted by Gasteiger charge is -2.37. The standard InChI is InChI=1S/C19H26O2S/c20-19(12-5-4-9-15-7-2-1-3-8-15)16-13-17-10-6-11-18(14-16)22(17)21/h1-3,7-8,16-18H,4-6,9-14H2. The molecule has 0 aliphatic carbocycles. The van der Waals surface area contributed by atoms with Crippen molar-refractivity contribution in [3.05, 3.63) is 35.9 Å². The molecule has 2 nitrogen and oxygen atoms in total. The molecule has 2 bridgehead atoms. The number of carbonyl (C=O) groups excluding carboxylic acids is 1. The first-order chi connectivity index (χ1) is 10.7. The van der Waals surface area contributed by atoms with Crippen molar-refractivity contribution in [2.24, 2.45) is 5.92 Å². The van der Waals surface area contributed by atoms with Crippen LogP contribution in [0.3, 0.4) is 0 Å². The normalized spacial score (nSPS) is 30.9. The van der Waals surface area contributed by atoms with Gasteiger partial charge in [0.2, 0.25) is 0 Å². The van der Waals surface area contributed by atoms with Crippen molar-refractivity contribution in [1.29, 1.82) is 0 Å². The van der Waals surface area contributed by atoms with E-state index in [1.54, 1.807) is 0 Å². The van der Waals surface area contributed by atoms with E-state index in [1.807, 2.05) is 6.07 Å². The maximum atomic E-state index is 12.4. The first kappa shape index (κ1) is 15.9. The van der Waals surface area contributed by atoms with E-state index in [-0.39, 0.29) is 5.92 Å². The molecule has 2 aliphatic rings. The van der Waals surface area contributed by atoms with Crippen molar-refractivity contribution in [2.45, 2.75) is 68.3 Å². The zero-order valence-electron chi connectivity index (χ0n) is 13.2. The predicted octanol–water partition coefficient (Wildman–Crippen LogP) is 4.05. The van der Waals surface area contributed by atoms with E-state index in [2.05, 4.69) is 24.3 Å². The average Bonchev–Trinajstić information content (AvgIpc) is 2.52. The number of hydrogen-bond donors (Lipinski definition) is 0. The monoisotopic (exact) mass is 318 g/mol. The van der Waals surface area contributed by atoms with E-state index >= 15 is 0 Å². The molecule has 0 aromatic heterocycles. The highest BCUT2D eigenvalue weighted by Crippen LogP contribution is 2.37. The van der Waals surface area contributed by atoms with Gasteiger partial charge in [0.05, 0.1) is 0 Å². The quantitative estimate of drug-likeness (QED) is 0.742. The molecule has 2 unspecified atom stereocenters. The summed E-state index contributed by atoms with van der Waals surface area (Å²) in [7, 11) is -0.658. The fraction of sp³-hybridized carbons (Fsp3) is 0.632. The lowest BCUT2D eigenvalue weighted by atomic mass is 9.85. The van der Waals surface area contributed by atoms with E-state index in [0.29, 0.717) is 22.7 Å². The molecule has 0 spiro atoms. The molecule has 0 radical (unpaired) electrons. The Morgan fingerprint density at radius 1 is 1.05 bits per heavy atom. The summed E-state index contributed by atoms with van der Waals surface area (Å²) in [6, 6.07) is 10.5. The third kappa shape index (κ3) is 3.87. The Morgan fingerprint density at radius 2 is 1.73 bits per heavy atom. The van der Waals surface area contributed by atoms with Crippen LogP contribution in [0.15, 0.2) is 30.3 Å². The Hall–Kier alpha value is -0.960. The van der Waals surface area contributed by atoms with Crippen LogP contribution in [0.4, 0.5) is 0 Å². The Bertz CT molecular complexity index is 509. The van der Waals surface area contributed by atoms with Gasteiger partial charge in [-0.3, -0.25) is 9.00 Å². The Kier molecular flexibility index (Phi) is 5.46. The van der Waals surface area contributed by atoms with Crippen LogP contribution in [0.1, 0.15) is 56.9 Å². The number of unbranched alkanes of at least 4 members (excludes halogenated alkanes) is 1. The van der Waals surface area contributed by atoms with E-state index in [0.717, 1.165) is 44.9 Å². The number of benzene rings is 1. The minimum absolute atomic E-state index is 0.199. The summed E-state index contributed by atoms with van der Waals surface area (Å²) in [5.41, 5.74) is 1.36. The van der Waals surface area contributed by atoms with Crippen LogP contribution < -0.4 is 0 Å². The van der Waals surface area contributed by atoms with Gasteiger partial charge in [-0.25, -0.2) is 0 Å². The molecular weight excluding hydrogens is 292 g/mol. The van der Waals surface area contributed by atoms with E-state index in [9.17, 15) is 9.00 Å². The summed E-state index contributed by atoms with van der Waals surface area (Å²) in [5, 5.41) is 0.622. The minimum Gasteiger partial charge on any atom is -0.299 e. The second-order valence-corrected chi connectivity index (χ2v) is 8.82. The molecule has 0 N–H and O–H groups in total. The molecule has 2 aliphatic heterocycles. The lowest BCUT2D eigenvalue weighted by Crippen LogP contribution is -2.41. The SMILES string of the molecule is O=C(CCCCc1ccccc1)C1CC2CCCC(C1)S2=O. The van der Waals surface area contributed by atoms with Crippen molar-refractivity contribution >= 4 is 16.6 Å². The highest BCUT2D eigenvalue weighted by atomic mass is 32.2. The van der Waals surface area contributed by atoms with Crippen LogP contribution in [-0.4, -0.2) is 20.5 Å². The van der Waals surface area contributed by atoms with Crippen molar-refractivity contribution in [3.63, 3.8) is 0 Å². The van der Waals surface area contributed by atoms with Gasteiger partial charge in [-0.1, -0.05) is 36.8 Å². The number of fused-ring (bicyclic) bond motifs is 2. The van der Waals surface area contributed by atoms with Gasteiger partial charge in [0.1, 0.15) is 5.78 Å². The average molecular weight is 318 g/mol. The fourth-order valence-corrected chi connectivity index (χ4v) is 6.16. The van der Waals surface area contributed by atoms with Crippen molar-refractivity contribution in [2.75, 3.05) is 0 Å². The van der Waals surface area contributed by atoms with E-state index < -0.39 is 10.8 Å². The molecule has 0 amide bonds. The Labute approximate surface area is 136 Å². The molecule has 3 heteroatoms. The summed E-state index contributed by atoms with van der Waals surface area (Å²) < 4.78 is 12.2. The van der Waals surface area contributed by atoms with Crippen LogP contribution in [0.5, 0.6) is 0 Å². The summed E-state index contributed by atoms with van der Waals surface area (Å²) in [4.78, 5) is 12.4. The van der Waals surface area contributed by atoms with Gasteiger partial charge >= 0.3 is 0 Å². The largest absolute Gasteiger partial charge is 0.299 e. The first-order valence-electron chi connectivity index (χ1n) is 8.70. The van der Waals surface area contributed by atoms with Crippen molar-refractivity contribution < 1.29 is 9.00 Å². The zero-order valence-corrected chi connectivity index (χ0v) is 14.0. The predicted molar refractivity (Wildman–Crippen MR) is 91.3 cm³/mol. The molecule has 2 fully saturated rings. The second kappa shape index (κ2) is 7.54. The third-order valence-electron chi connectivity index (χ3n) is 5.24. The number of hydrogen-bond acceptors (Lipinski definition) is 2. The maximum absolute atomic E-state index is 12.4. The second-order valence-electron chi connectivity index (χ2n) is 6.83. The van der Waals surface area contributed by atoms with Crippen LogP contribution >= 0.6 is 0 Å². The van der Waals surface area contributed by atoms with Gasteiger partial charge in [0.25, 0.3) is 0 Å². The summed E-state index contributed by atoms with van der Waals surface area (Å²) in [6.45, 7) is 0. The molecule has 120 valence electrons. The Balaban J connectivity index is 1.42. The van der Waals surface area contributed by atoms with Gasteiger partial charge in [-0.2, -0.15) is 0 Å². The van der Waals surface area contributed by atoms with Gasteiger partial charge in [0.15, 0.2) is 0 Å². The van der Waals surface area contributed by atoms with Crippen LogP contribution in [0.2, 0.25) is 0 Å². The summed E-state index contributed by atoms with van der Waals surface area (Å²) >= 11 is 0. The third-order valence-corrected chi connectivity index (χ3v) is 7.41. The molecule has 1 aromatic carbocycles. The lowest BCUT2D eigenvalue weighted by molar-refractivity contribution is -0.123. The van der Waals surface area contributed by atoms with Gasteiger partial charge < -0.3 is 0 Å². The van der Waals surface area contributed by atoms with Gasteiger partial charge in [-0.15, -0.1) is 0 Å². The molecule has 2 heterocycles. The summed E-state index contributed by atoms with van der Waals surface area (Å²) in [5.74, 6) is 0.631. The molecule has 3 rings (SSSR count). The molecule has 2 saturated heterocycles. The zero-order chi connectivity index (χ0) is 15.4. The van der Waals surface area contributed by atoms with Crippen molar-refractivity contribution in [1.82, 2.24) is 0 Å². The van der Waals surface area contributed by atoms with Crippen molar-refractivity contribution in [3.8, 4) is 0 Å². The van der Waals surface area contributed by atoms with Gasteiger partial charge in [0, 0.05) is 33.6 Å². The highest BCUT2D eigenvalue weighted by Gasteiger charge is 2.39. The van der Waals surface area contributed by atoms with Crippen LogP contribution in [0, 0.1) is 5.92 Å². The smallest absolute Gasteiger partial charge is 0.136 e. The number of rotatable bonds is 6. The number of Topliss-reactive ketones (excluding diaryl/α,β-unsaturated/α-hetero) is 1. The molecule has 22 heavy (non-hydrogen) atoms. The number of carbonyl (C=O) groups is 1. The molecular formula is C19H26O2S. The van der Waals surface area contributed by atoms with Crippen LogP contribution in [0.25, 0.3) is 0 Å². The highest BCUT2D eigenvalue weighted by molar-refractivity contribution is 7.86. The Morgan fingerprint density at radius 3 is 2.41 bits per heavy atom. The topological polar surface area (TPSA) is 34.1 Å². The fourth-order valence-electron chi connectivity index (χ4n) is 3.97. The maximum Gasteiger partial charge on any atom is 0.136 e. The molecule has 1 aromatic rings. The van der Waals surface area contributed by atoms with E-state index in [4.69, 9.17) is 0 Å². The summed E-state index contributed by atoms with van der Waals surface area (Å²) in [6.07, 6.45) is 8.98. The number of ketones is 1. The first-order valence-corrected chi connectivity index (χ1v) is 9.97. The minimum atomic E-state index is -0.658. The van der Waals surface area contributed by atoms with Crippen LogP contribution in [-0.2, 0) is 22.0 Å². The molecule has 0 saturated carbocycles.